The lowest BCUT2D eigenvalue weighted by Crippen LogP contribution is -2.30. The highest BCUT2D eigenvalue weighted by atomic mass is 79.9. The van der Waals surface area contributed by atoms with Crippen LogP contribution in [0.25, 0.3) is 11.0 Å². The highest BCUT2D eigenvalue weighted by Crippen LogP contribution is 2.37. The highest BCUT2D eigenvalue weighted by molar-refractivity contribution is 9.09. The third-order valence-corrected chi connectivity index (χ3v) is 5.23. The number of aromatic nitrogens is 2. The zero-order valence-electron chi connectivity index (χ0n) is 13.9. The molecular formula is C19H19BrN2O3. The number of para-hydroxylation sites is 2. The average molecular weight is 403 g/mol. The quantitative estimate of drug-likeness (QED) is 0.610. The van der Waals surface area contributed by atoms with Crippen molar-refractivity contribution in [3.05, 3.63) is 60.4 Å². The molecule has 5 nitrogen and oxygen atoms in total. The lowest BCUT2D eigenvalue weighted by atomic mass is 10.1. The van der Waals surface area contributed by atoms with Crippen LogP contribution in [0, 0.1) is 0 Å². The molecule has 1 aromatic heterocycles. The Hall–Kier alpha value is -1.89. The van der Waals surface area contributed by atoms with Crippen molar-refractivity contribution in [2.75, 3.05) is 19.0 Å². The molecule has 3 aromatic rings. The van der Waals surface area contributed by atoms with Gasteiger partial charge in [-0.05, 0) is 36.4 Å². The standard InChI is InChI=1S/C19H19BrN2O3/c1-23-15-8-6-14(7-9-15)19(12-20)24-11-16(25-19)10-22-13-21-17-4-2-3-5-18(17)22/h2-9,13,16H,10-12H2,1H3/t16-,19-/m1/s1. The zero-order valence-corrected chi connectivity index (χ0v) is 15.5. The molecule has 6 heteroatoms. The van der Waals surface area contributed by atoms with Crippen LogP contribution in [0.4, 0.5) is 0 Å². The summed E-state index contributed by atoms with van der Waals surface area (Å²) in [5, 5.41) is 0.563. The Morgan fingerprint density at radius 1 is 1.24 bits per heavy atom. The number of methoxy groups -OCH3 is 1. The molecule has 1 saturated heterocycles. The molecule has 0 saturated carbocycles. The second kappa shape index (κ2) is 6.78. The van der Waals surface area contributed by atoms with E-state index in [1.165, 1.54) is 0 Å². The van der Waals surface area contributed by atoms with Gasteiger partial charge >= 0.3 is 0 Å². The van der Waals surface area contributed by atoms with Gasteiger partial charge in [-0.3, -0.25) is 0 Å². The van der Waals surface area contributed by atoms with E-state index < -0.39 is 5.79 Å². The summed E-state index contributed by atoms with van der Waals surface area (Å²) in [6.45, 7) is 1.23. The molecule has 2 aromatic carbocycles. The molecule has 4 rings (SSSR count). The fourth-order valence-corrected chi connectivity index (χ4v) is 3.79. The molecule has 1 fully saturated rings. The van der Waals surface area contributed by atoms with Crippen molar-refractivity contribution in [3.63, 3.8) is 0 Å². The lowest BCUT2D eigenvalue weighted by molar-refractivity contribution is -0.157. The number of benzene rings is 2. The number of alkyl halides is 1. The van der Waals surface area contributed by atoms with E-state index in [-0.39, 0.29) is 6.10 Å². The number of halogens is 1. The number of imidazole rings is 1. The minimum Gasteiger partial charge on any atom is -0.497 e. The van der Waals surface area contributed by atoms with Crippen molar-refractivity contribution in [1.29, 1.82) is 0 Å². The first-order chi connectivity index (χ1) is 12.2. The molecule has 130 valence electrons. The summed E-state index contributed by atoms with van der Waals surface area (Å²) in [6, 6.07) is 15.9. The van der Waals surface area contributed by atoms with Gasteiger partial charge in [0, 0.05) is 5.56 Å². The van der Waals surface area contributed by atoms with Gasteiger partial charge in [0.1, 0.15) is 11.9 Å². The first kappa shape index (κ1) is 16.6. The first-order valence-corrected chi connectivity index (χ1v) is 9.28. The van der Waals surface area contributed by atoms with Gasteiger partial charge in [0.25, 0.3) is 0 Å². The van der Waals surface area contributed by atoms with E-state index in [0.717, 1.165) is 22.3 Å². The Labute approximate surface area is 154 Å². The fourth-order valence-electron chi connectivity index (χ4n) is 3.17. The lowest BCUT2D eigenvalue weighted by Gasteiger charge is -2.26. The predicted octanol–water partition coefficient (Wildman–Crippen LogP) is 3.71. The molecule has 2 heterocycles. The minimum absolute atomic E-state index is 0.0442. The van der Waals surface area contributed by atoms with Gasteiger partial charge in [-0.25, -0.2) is 4.98 Å². The predicted molar refractivity (Wildman–Crippen MR) is 99.0 cm³/mol. The summed E-state index contributed by atoms with van der Waals surface area (Å²) in [7, 11) is 1.66. The Balaban J connectivity index is 1.54. The zero-order chi connectivity index (χ0) is 17.3. The molecule has 0 unspecified atom stereocenters. The number of hydrogen-bond donors (Lipinski definition) is 0. The molecule has 25 heavy (non-hydrogen) atoms. The number of rotatable bonds is 5. The van der Waals surface area contributed by atoms with Crippen molar-refractivity contribution < 1.29 is 14.2 Å². The van der Waals surface area contributed by atoms with Gasteiger partial charge in [-0.2, -0.15) is 0 Å². The van der Waals surface area contributed by atoms with Crippen molar-refractivity contribution >= 4 is 27.0 Å². The van der Waals surface area contributed by atoms with Crippen LogP contribution in [0.1, 0.15) is 5.56 Å². The summed E-state index contributed by atoms with van der Waals surface area (Å²) in [4.78, 5) is 4.44. The molecule has 0 N–H and O–H groups in total. The molecule has 0 bridgehead atoms. The third-order valence-electron chi connectivity index (χ3n) is 4.49. The number of fused-ring (bicyclic) bond motifs is 1. The van der Waals surface area contributed by atoms with Gasteiger partial charge in [-0.15, -0.1) is 0 Å². The van der Waals surface area contributed by atoms with Gasteiger partial charge in [0.2, 0.25) is 5.79 Å². The Morgan fingerprint density at radius 2 is 2.04 bits per heavy atom. The van der Waals surface area contributed by atoms with Gasteiger partial charge in [-0.1, -0.05) is 28.1 Å². The van der Waals surface area contributed by atoms with E-state index in [9.17, 15) is 0 Å². The third kappa shape index (κ3) is 3.05. The van der Waals surface area contributed by atoms with Gasteiger partial charge in [0.05, 0.1) is 43.0 Å². The molecule has 0 radical (unpaired) electrons. The van der Waals surface area contributed by atoms with E-state index in [0.29, 0.717) is 18.5 Å². The summed E-state index contributed by atoms with van der Waals surface area (Å²) in [5.41, 5.74) is 3.07. The molecule has 0 amide bonds. The smallest absolute Gasteiger partial charge is 0.205 e. The van der Waals surface area contributed by atoms with Crippen LogP contribution in [0.2, 0.25) is 0 Å². The summed E-state index contributed by atoms with van der Waals surface area (Å²) >= 11 is 3.55. The van der Waals surface area contributed by atoms with E-state index in [1.54, 1.807) is 7.11 Å². The molecule has 0 aliphatic carbocycles. The van der Waals surface area contributed by atoms with Crippen LogP contribution in [0.15, 0.2) is 54.9 Å². The van der Waals surface area contributed by atoms with E-state index >= 15 is 0 Å². The normalized spacial score (nSPS) is 23.2. The van der Waals surface area contributed by atoms with Crippen LogP contribution in [-0.4, -0.2) is 34.7 Å². The number of nitrogens with zero attached hydrogens (tertiary/aromatic N) is 2. The maximum absolute atomic E-state index is 6.32. The Bertz CT molecular complexity index is 864. The van der Waals surface area contributed by atoms with Crippen LogP contribution in [0.5, 0.6) is 5.75 Å². The van der Waals surface area contributed by atoms with E-state index in [4.69, 9.17) is 14.2 Å². The monoisotopic (exact) mass is 402 g/mol. The van der Waals surface area contributed by atoms with Crippen LogP contribution < -0.4 is 4.74 Å². The number of ether oxygens (including phenoxy) is 3. The molecule has 1 aliphatic rings. The highest BCUT2D eigenvalue weighted by Gasteiger charge is 2.42. The second-order valence-electron chi connectivity index (χ2n) is 6.05. The maximum Gasteiger partial charge on any atom is 0.205 e. The molecule has 0 spiro atoms. The van der Waals surface area contributed by atoms with Crippen LogP contribution in [0.3, 0.4) is 0 Å². The summed E-state index contributed by atoms with van der Waals surface area (Å²) in [5.74, 6) is 0.0424. The Kier molecular flexibility index (Phi) is 4.50. The van der Waals surface area contributed by atoms with Crippen molar-refractivity contribution in [2.24, 2.45) is 0 Å². The van der Waals surface area contributed by atoms with Crippen molar-refractivity contribution in [2.45, 2.75) is 18.4 Å². The van der Waals surface area contributed by atoms with Crippen LogP contribution >= 0.6 is 15.9 Å². The summed E-state index contributed by atoms with van der Waals surface area (Å²) < 4.78 is 19.7. The fraction of sp³-hybridized carbons (Fsp3) is 0.316. The summed E-state index contributed by atoms with van der Waals surface area (Å²) in [6.07, 6.45) is 1.81. The number of hydrogen-bond acceptors (Lipinski definition) is 4. The molecule has 1 aliphatic heterocycles. The van der Waals surface area contributed by atoms with E-state index in [2.05, 4.69) is 31.5 Å². The van der Waals surface area contributed by atoms with E-state index in [1.807, 2.05) is 48.8 Å². The molecular weight excluding hydrogens is 384 g/mol. The average Bonchev–Trinajstić information content (AvgIpc) is 3.28. The first-order valence-electron chi connectivity index (χ1n) is 8.16. The largest absolute Gasteiger partial charge is 0.497 e. The molecule has 2 atom stereocenters. The topological polar surface area (TPSA) is 45.5 Å². The van der Waals surface area contributed by atoms with Gasteiger partial charge < -0.3 is 18.8 Å². The maximum atomic E-state index is 6.32. The Morgan fingerprint density at radius 3 is 2.80 bits per heavy atom. The van der Waals surface area contributed by atoms with Crippen LogP contribution in [-0.2, 0) is 21.8 Å². The minimum atomic E-state index is -0.771. The SMILES string of the molecule is COc1ccc([C@]2(CBr)OC[C@@H](Cn3cnc4ccccc43)O2)cc1. The van der Waals surface area contributed by atoms with Crippen molar-refractivity contribution in [1.82, 2.24) is 9.55 Å². The van der Waals surface area contributed by atoms with Gasteiger partial charge in [0.15, 0.2) is 0 Å². The second-order valence-corrected chi connectivity index (χ2v) is 6.61. The van der Waals surface area contributed by atoms with Crippen molar-refractivity contribution in [3.8, 4) is 5.75 Å².